The first-order chi connectivity index (χ1) is 8.40. The lowest BCUT2D eigenvalue weighted by molar-refractivity contribution is 0.0938. The smallest absolute Gasteiger partial charge is 0.165 e. The molecule has 0 spiro atoms. The van der Waals surface area contributed by atoms with Gasteiger partial charge >= 0.3 is 0 Å². The molecule has 0 aliphatic rings. The minimum absolute atomic E-state index is 0.0261. The van der Waals surface area contributed by atoms with Gasteiger partial charge in [-0.25, -0.2) is 0 Å². The molecule has 18 heavy (non-hydrogen) atoms. The van der Waals surface area contributed by atoms with E-state index in [9.17, 15) is 4.79 Å². The molecule has 1 rings (SSSR count). The van der Waals surface area contributed by atoms with Crippen LogP contribution in [0.1, 0.15) is 42.3 Å². The highest BCUT2D eigenvalue weighted by Gasteiger charge is 2.17. The van der Waals surface area contributed by atoms with Gasteiger partial charge in [0.15, 0.2) is 5.78 Å². The number of ketones is 1. The third kappa shape index (κ3) is 2.81. The number of benzene rings is 1. The molecular weight excluding hydrogens is 222 g/mol. The van der Waals surface area contributed by atoms with Crippen LogP contribution in [0.3, 0.4) is 0 Å². The second-order valence-corrected chi connectivity index (χ2v) is 5.05. The summed E-state index contributed by atoms with van der Waals surface area (Å²) in [4.78, 5) is 14.2. The molecule has 1 aromatic carbocycles. The SMILES string of the molecule is C=C(c1cccc(C(=O)C(C)C)c1CC)N(C)C. The van der Waals surface area contributed by atoms with E-state index in [0.29, 0.717) is 0 Å². The van der Waals surface area contributed by atoms with E-state index in [2.05, 4.69) is 13.5 Å². The lowest BCUT2D eigenvalue weighted by Gasteiger charge is -2.20. The van der Waals surface area contributed by atoms with Crippen LogP contribution in [-0.4, -0.2) is 24.8 Å². The van der Waals surface area contributed by atoms with Gasteiger partial charge in [0.2, 0.25) is 0 Å². The predicted molar refractivity (Wildman–Crippen MR) is 77.7 cm³/mol. The fourth-order valence-electron chi connectivity index (χ4n) is 2.02. The Morgan fingerprint density at radius 3 is 2.28 bits per heavy atom. The minimum atomic E-state index is 0.0261. The maximum Gasteiger partial charge on any atom is 0.165 e. The first-order valence-electron chi connectivity index (χ1n) is 6.42. The average molecular weight is 245 g/mol. The summed E-state index contributed by atoms with van der Waals surface area (Å²) in [7, 11) is 3.94. The van der Waals surface area contributed by atoms with Gasteiger partial charge in [0.05, 0.1) is 0 Å². The lowest BCUT2D eigenvalue weighted by atomic mass is 9.90. The van der Waals surface area contributed by atoms with Gasteiger partial charge in [-0.15, -0.1) is 0 Å². The minimum Gasteiger partial charge on any atom is -0.378 e. The van der Waals surface area contributed by atoms with E-state index >= 15 is 0 Å². The van der Waals surface area contributed by atoms with Crippen molar-refractivity contribution in [3.63, 3.8) is 0 Å². The monoisotopic (exact) mass is 245 g/mol. The van der Waals surface area contributed by atoms with E-state index in [1.165, 1.54) is 0 Å². The summed E-state index contributed by atoms with van der Waals surface area (Å²) in [5.41, 5.74) is 3.97. The highest BCUT2D eigenvalue weighted by molar-refractivity contribution is 5.99. The Bertz CT molecular complexity index is 420. The summed E-state index contributed by atoms with van der Waals surface area (Å²) in [6.07, 6.45) is 0.844. The summed E-state index contributed by atoms with van der Waals surface area (Å²) < 4.78 is 0. The number of Topliss-reactive ketones (excluding diaryl/α,β-unsaturated/α-hetero) is 1. The molecule has 0 fully saturated rings. The second kappa shape index (κ2) is 5.85. The maximum atomic E-state index is 12.2. The van der Waals surface area contributed by atoms with Crippen molar-refractivity contribution < 1.29 is 4.79 Å². The van der Waals surface area contributed by atoms with Gasteiger partial charge in [-0.05, 0) is 12.0 Å². The molecule has 2 heteroatoms. The van der Waals surface area contributed by atoms with E-state index in [1.807, 2.05) is 51.0 Å². The highest BCUT2D eigenvalue weighted by atomic mass is 16.1. The molecule has 0 saturated carbocycles. The van der Waals surface area contributed by atoms with Crippen LogP contribution >= 0.6 is 0 Å². The van der Waals surface area contributed by atoms with E-state index in [-0.39, 0.29) is 11.7 Å². The van der Waals surface area contributed by atoms with Gasteiger partial charge in [0.1, 0.15) is 0 Å². The molecule has 0 aliphatic heterocycles. The van der Waals surface area contributed by atoms with Crippen LogP contribution in [-0.2, 0) is 6.42 Å². The van der Waals surface area contributed by atoms with Crippen LogP contribution in [0.25, 0.3) is 5.70 Å². The van der Waals surface area contributed by atoms with E-state index in [1.54, 1.807) is 0 Å². The molecule has 1 aromatic rings. The largest absolute Gasteiger partial charge is 0.378 e. The Labute approximate surface area is 110 Å². The Hall–Kier alpha value is -1.57. The molecular formula is C16H23NO. The van der Waals surface area contributed by atoms with Crippen LogP contribution in [0.4, 0.5) is 0 Å². The highest BCUT2D eigenvalue weighted by Crippen LogP contribution is 2.25. The first kappa shape index (κ1) is 14.5. The molecule has 2 nitrogen and oxygen atoms in total. The van der Waals surface area contributed by atoms with Crippen LogP contribution in [0.15, 0.2) is 24.8 Å². The summed E-state index contributed by atoms with van der Waals surface area (Å²) in [6.45, 7) is 10.1. The molecule has 0 N–H and O–H groups in total. The predicted octanol–water partition coefficient (Wildman–Crippen LogP) is 3.62. The third-order valence-electron chi connectivity index (χ3n) is 3.17. The summed E-state index contributed by atoms with van der Waals surface area (Å²) in [5, 5.41) is 0. The molecule has 0 amide bonds. The zero-order chi connectivity index (χ0) is 13.9. The Kier molecular flexibility index (Phi) is 4.71. The van der Waals surface area contributed by atoms with Crippen molar-refractivity contribution in [3.8, 4) is 0 Å². The van der Waals surface area contributed by atoms with Gasteiger partial charge in [-0.2, -0.15) is 0 Å². The van der Waals surface area contributed by atoms with Crippen molar-refractivity contribution in [2.45, 2.75) is 27.2 Å². The lowest BCUT2D eigenvalue weighted by Crippen LogP contribution is -2.15. The zero-order valence-corrected chi connectivity index (χ0v) is 12.1. The fraction of sp³-hybridized carbons (Fsp3) is 0.438. The molecule has 0 unspecified atom stereocenters. The number of hydrogen-bond donors (Lipinski definition) is 0. The van der Waals surface area contributed by atoms with E-state index in [0.717, 1.165) is 28.8 Å². The Morgan fingerprint density at radius 2 is 1.83 bits per heavy atom. The van der Waals surface area contributed by atoms with Gasteiger partial charge in [0.25, 0.3) is 0 Å². The first-order valence-corrected chi connectivity index (χ1v) is 6.42. The van der Waals surface area contributed by atoms with Gasteiger partial charge < -0.3 is 4.90 Å². The van der Waals surface area contributed by atoms with Gasteiger partial charge in [-0.3, -0.25) is 4.79 Å². The van der Waals surface area contributed by atoms with E-state index in [4.69, 9.17) is 0 Å². The Balaban J connectivity index is 3.35. The molecule has 0 aliphatic carbocycles. The number of rotatable bonds is 5. The summed E-state index contributed by atoms with van der Waals surface area (Å²) in [5.74, 6) is 0.235. The quantitative estimate of drug-likeness (QED) is 0.738. The number of carbonyl (C=O) groups excluding carboxylic acids is 1. The topological polar surface area (TPSA) is 20.3 Å². The average Bonchev–Trinajstić information content (AvgIpc) is 2.35. The molecule has 98 valence electrons. The summed E-state index contributed by atoms with van der Waals surface area (Å²) in [6, 6.07) is 5.91. The number of carbonyl (C=O) groups is 1. The maximum absolute atomic E-state index is 12.2. The molecule has 0 radical (unpaired) electrons. The van der Waals surface area contributed by atoms with E-state index < -0.39 is 0 Å². The van der Waals surface area contributed by atoms with Crippen molar-refractivity contribution in [1.29, 1.82) is 0 Å². The molecule has 0 heterocycles. The van der Waals surface area contributed by atoms with Crippen molar-refractivity contribution in [2.24, 2.45) is 5.92 Å². The van der Waals surface area contributed by atoms with Crippen LogP contribution < -0.4 is 0 Å². The number of nitrogens with zero attached hydrogens (tertiary/aromatic N) is 1. The molecule has 0 aromatic heterocycles. The van der Waals surface area contributed by atoms with Crippen LogP contribution in [0, 0.1) is 5.92 Å². The standard InChI is InChI=1S/C16H23NO/c1-7-13-14(12(4)17(5)6)9-8-10-15(13)16(18)11(2)3/h8-11H,4,7H2,1-3,5-6H3. The second-order valence-electron chi connectivity index (χ2n) is 5.05. The van der Waals surface area contributed by atoms with Crippen LogP contribution in [0.2, 0.25) is 0 Å². The normalized spacial score (nSPS) is 10.6. The van der Waals surface area contributed by atoms with Crippen molar-refractivity contribution in [3.05, 3.63) is 41.5 Å². The van der Waals surface area contributed by atoms with Crippen molar-refractivity contribution >= 4 is 11.5 Å². The molecule has 0 bridgehead atoms. The van der Waals surface area contributed by atoms with Crippen molar-refractivity contribution in [2.75, 3.05) is 14.1 Å². The van der Waals surface area contributed by atoms with Gasteiger partial charge in [-0.1, -0.05) is 45.5 Å². The molecule has 0 saturated heterocycles. The van der Waals surface area contributed by atoms with Crippen molar-refractivity contribution in [1.82, 2.24) is 4.90 Å². The molecule has 0 atom stereocenters. The van der Waals surface area contributed by atoms with Gasteiger partial charge in [0, 0.05) is 36.8 Å². The fourth-order valence-corrected chi connectivity index (χ4v) is 2.02. The Morgan fingerprint density at radius 1 is 1.28 bits per heavy atom. The number of hydrogen-bond acceptors (Lipinski definition) is 2. The summed E-state index contributed by atoms with van der Waals surface area (Å²) >= 11 is 0. The van der Waals surface area contributed by atoms with Crippen LogP contribution in [0.5, 0.6) is 0 Å². The zero-order valence-electron chi connectivity index (χ0n) is 12.1. The third-order valence-corrected chi connectivity index (χ3v) is 3.17.